The zero-order valence-corrected chi connectivity index (χ0v) is 12.8. The lowest BCUT2D eigenvalue weighted by Gasteiger charge is -2.08. The lowest BCUT2D eigenvalue weighted by Crippen LogP contribution is -2.03. The van der Waals surface area contributed by atoms with Crippen LogP contribution in [0, 0.1) is 5.92 Å². The molecule has 1 unspecified atom stereocenters. The number of thioether (sulfide) groups is 1. The van der Waals surface area contributed by atoms with Crippen LogP contribution in [-0.4, -0.2) is 32.5 Å². The number of aromatic nitrogens is 4. The van der Waals surface area contributed by atoms with Crippen molar-refractivity contribution in [2.24, 2.45) is 13.0 Å². The highest BCUT2D eigenvalue weighted by Gasteiger charge is 2.10. The van der Waals surface area contributed by atoms with Gasteiger partial charge < -0.3 is 5.32 Å². The molecule has 2 aromatic rings. The monoisotopic (exact) mass is 279 g/mol. The van der Waals surface area contributed by atoms with Crippen LogP contribution in [0.15, 0.2) is 6.20 Å². The predicted octanol–water partition coefficient (Wildman–Crippen LogP) is 2.68. The highest BCUT2D eigenvalue weighted by molar-refractivity contribution is 7.98. The van der Waals surface area contributed by atoms with Gasteiger partial charge in [0, 0.05) is 14.1 Å². The van der Waals surface area contributed by atoms with Crippen LogP contribution >= 0.6 is 11.8 Å². The molecule has 0 radical (unpaired) electrons. The Balaban J connectivity index is 2.17. The summed E-state index contributed by atoms with van der Waals surface area (Å²) in [7, 11) is 3.79. The minimum Gasteiger partial charge on any atom is -0.372 e. The Morgan fingerprint density at radius 1 is 1.42 bits per heavy atom. The fourth-order valence-electron chi connectivity index (χ4n) is 1.79. The second-order valence-electron chi connectivity index (χ2n) is 4.77. The Hall–Kier alpha value is -1.30. The number of fused-ring (bicyclic) bond motifs is 1. The number of rotatable bonds is 6. The number of nitrogens with zero attached hydrogens (tertiary/aromatic N) is 4. The normalized spacial score (nSPS) is 12.8. The molecule has 0 bridgehead atoms. The van der Waals surface area contributed by atoms with E-state index in [1.165, 1.54) is 6.42 Å². The van der Waals surface area contributed by atoms with Crippen LogP contribution in [0.2, 0.25) is 0 Å². The van der Waals surface area contributed by atoms with Crippen LogP contribution in [0.5, 0.6) is 0 Å². The molecule has 0 spiro atoms. The van der Waals surface area contributed by atoms with Gasteiger partial charge in [0.05, 0.1) is 17.3 Å². The van der Waals surface area contributed by atoms with E-state index >= 15 is 0 Å². The summed E-state index contributed by atoms with van der Waals surface area (Å²) in [5, 5.41) is 8.33. The summed E-state index contributed by atoms with van der Waals surface area (Å²) in [6.07, 6.45) is 3.02. The first-order chi connectivity index (χ1) is 9.15. The van der Waals surface area contributed by atoms with E-state index in [1.807, 2.05) is 25.9 Å². The summed E-state index contributed by atoms with van der Waals surface area (Å²) in [5.41, 5.74) is 0.887. The van der Waals surface area contributed by atoms with E-state index in [1.54, 1.807) is 10.9 Å². The Kier molecular flexibility index (Phi) is 4.63. The summed E-state index contributed by atoms with van der Waals surface area (Å²) in [6.45, 7) is 4.50. The fourth-order valence-corrected chi connectivity index (χ4v) is 2.86. The number of anilines is 1. The summed E-state index contributed by atoms with van der Waals surface area (Å²) >= 11 is 1.89. The molecule has 0 amide bonds. The average Bonchev–Trinajstić information content (AvgIpc) is 2.79. The molecule has 1 atom stereocenters. The third-order valence-corrected chi connectivity index (χ3v) is 4.47. The molecule has 0 fully saturated rings. The molecular formula is C13H21N5S. The molecule has 0 saturated heterocycles. The lowest BCUT2D eigenvalue weighted by atomic mass is 10.2. The minimum atomic E-state index is 0.745. The zero-order chi connectivity index (χ0) is 13.8. The van der Waals surface area contributed by atoms with Crippen LogP contribution in [0.25, 0.3) is 11.0 Å². The van der Waals surface area contributed by atoms with Crippen LogP contribution in [0.1, 0.15) is 26.1 Å². The molecule has 2 heterocycles. The van der Waals surface area contributed by atoms with Gasteiger partial charge in [-0.05, 0) is 11.7 Å². The quantitative estimate of drug-likeness (QED) is 0.881. The third-order valence-electron chi connectivity index (χ3n) is 3.21. The Morgan fingerprint density at radius 2 is 2.21 bits per heavy atom. The summed E-state index contributed by atoms with van der Waals surface area (Å²) < 4.78 is 1.79. The first kappa shape index (κ1) is 14.1. The maximum absolute atomic E-state index is 4.59. The Labute approximate surface area is 118 Å². The first-order valence-electron chi connectivity index (χ1n) is 6.59. The van der Waals surface area contributed by atoms with Crippen molar-refractivity contribution < 1.29 is 0 Å². The molecule has 0 aliphatic carbocycles. The summed E-state index contributed by atoms with van der Waals surface area (Å²) in [6, 6.07) is 0. The van der Waals surface area contributed by atoms with Gasteiger partial charge in [0.25, 0.3) is 0 Å². The molecule has 0 saturated carbocycles. The van der Waals surface area contributed by atoms with E-state index in [0.717, 1.165) is 40.1 Å². The van der Waals surface area contributed by atoms with E-state index in [9.17, 15) is 0 Å². The largest absolute Gasteiger partial charge is 0.372 e. The van der Waals surface area contributed by atoms with Crippen LogP contribution in [0.4, 0.5) is 5.82 Å². The van der Waals surface area contributed by atoms with Gasteiger partial charge in [0.15, 0.2) is 5.65 Å². The highest BCUT2D eigenvalue weighted by atomic mass is 32.2. The van der Waals surface area contributed by atoms with Crippen molar-refractivity contribution in [1.82, 2.24) is 19.7 Å². The Morgan fingerprint density at radius 3 is 2.89 bits per heavy atom. The maximum atomic E-state index is 4.59. The van der Waals surface area contributed by atoms with Crippen molar-refractivity contribution in [2.45, 2.75) is 26.0 Å². The second-order valence-corrected chi connectivity index (χ2v) is 5.80. The predicted molar refractivity (Wildman–Crippen MR) is 81.5 cm³/mol. The van der Waals surface area contributed by atoms with Crippen molar-refractivity contribution in [1.29, 1.82) is 0 Å². The van der Waals surface area contributed by atoms with Gasteiger partial charge in [-0.25, -0.2) is 9.97 Å². The van der Waals surface area contributed by atoms with Crippen LogP contribution in [-0.2, 0) is 12.8 Å². The van der Waals surface area contributed by atoms with E-state index in [2.05, 4.69) is 34.2 Å². The molecule has 0 aliphatic rings. The van der Waals surface area contributed by atoms with Gasteiger partial charge in [-0.1, -0.05) is 20.3 Å². The first-order valence-corrected chi connectivity index (χ1v) is 7.75. The van der Waals surface area contributed by atoms with Crippen LogP contribution < -0.4 is 5.32 Å². The standard InChI is InChI=1S/C13H21N5S/c1-5-9(2)7-19-8-11-16-12(14-3)10-6-15-18(4)13(10)17-11/h6,9H,5,7-8H2,1-4H3,(H,14,16,17). The SMILES string of the molecule is CCC(C)CSCc1nc(NC)c2cnn(C)c2n1. The number of hydrogen-bond acceptors (Lipinski definition) is 5. The van der Waals surface area contributed by atoms with Gasteiger partial charge >= 0.3 is 0 Å². The van der Waals surface area contributed by atoms with Crippen molar-refractivity contribution in [2.75, 3.05) is 18.1 Å². The van der Waals surface area contributed by atoms with Gasteiger partial charge in [-0.2, -0.15) is 16.9 Å². The second kappa shape index (κ2) is 6.23. The fraction of sp³-hybridized carbons (Fsp3) is 0.615. The summed E-state index contributed by atoms with van der Waals surface area (Å²) in [5.74, 6) is 4.47. The van der Waals surface area contributed by atoms with E-state index < -0.39 is 0 Å². The molecule has 5 nitrogen and oxygen atoms in total. The lowest BCUT2D eigenvalue weighted by molar-refractivity contribution is 0.636. The third kappa shape index (κ3) is 3.18. The molecule has 1 N–H and O–H groups in total. The molecule has 104 valence electrons. The van der Waals surface area contributed by atoms with Crippen molar-refractivity contribution in [3.63, 3.8) is 0 Å². The molecule has 2 rings (SSSR count). The van der Waals surface area contributed by atoms with E-state index in [0.29, 0.717) is 0 Å². The van der Waals surface area contributed by atoms with Gasteiger partial charge in [0.1, 0.15) is 11.6 Å². The topological polar surface area (TPSA) is 55.6 Å². The number of aryl methyl sites for hydroxylation is 1. The van der Waals surface area contributed by atoms with Gasteiger partial charge in [0.2, 0.25) is 0 Å². The van der Waals surface area contributed by atoms with Crippen molar-refractivity contribution >= 4 is 28.6 Å². The Bertz CT molecular complexity index is 551. The van der Waals surface area contributed by atoms with Crippen molar-refractivity contribution in [3.8, 4) is 0 Å². The average molecular weight is 279 g/mol. The van der Waals surface area contributed by atoms with Crippen LogP contribution in [0.3, 0.4) is 0 Å². The van der Waals surface area contributed by atoms with Gasteiger partial charge in [-0.3, -0.25) is 4.68 Å². The molecular weight excluding hydrogens is 258 g/mol. The van der Waals surface area contributed by atoms with Gasteiger partial charge in [-0.15, -0.1) is 0 Å². The molecule has 0 aliphatic heterocycles. The number of hydrogen-bond donors (Lipinski definition) is 1. The molecule has 6 heteroatoms. The van der Waals surface area contributed by atoms with E-state index in [-0.39, 0.29) is 0 Å². The minimum absolute atomic E-state index is 0.745. The summed E-state index contributed by atoms with van der Waals surface area (Å²) in [4.78, 5) is 9.15. The number of nitrogens with one attached hydrogen (secondary N) is 1. The highest BCUT2D eigenvalue weighted by Crippen LogP contribution is 2.21. The molecule has 0 aromatic carbocycles. The molecule has 2 aromatic heterocycles. The zero-order valence-electron chi connectivity index (χ0n) is 12.0. The van der Waals surface area contributed by atoms with Crippen molar-refractivity contribution in [3.05, 3.63) is 12.0 Å². The molecule has 19 heavy (non-hydrogen) atoms. The smallest absolute Gasteiger partial charge is 0.163 e. The maximum Gasteiger partial charge on any atom is 0.163 e. The van der Waals surface area contributed by atoms with E-state index in [4.69, 9.17) is 0 Å².